The van der Waals surface area contributed by atoms with Crippen molar-refractivity contribution in [3.05, 3.63) is 30.3 Å². The lowest BCUT2D eigenvalue weighted by Crippen LogP contribution is -2.10. The van der Waals surface area contributed by atoms with Crippen molar-refractivity contribution in [3.63, 3.8) is 0 Å². The maximum absolute atomic E-state index is 11.9. The van der Waals surface area contributed by atoms with E-state index in [-0.39, 0.29) is 0 Å². The summed E-state index contributed by atoms with van der Waals surface area (Å²) in [6, 6.07) is 10.2. The second kappa shape index (κ2) is 9.21. The van der Waals surface area contributed by atoms with Crippen molar-refractivity contribution in [3.8, 4) is 0 Å². The van der Waals surface area contributed by atoms with Gasteiger partial charge in [0.05, 0.1) is 5.75 Å². The Kier molecular flexibility index (Phi) is 7.83. The average molecular weight is 264 g/mol. The van der Waals surface area contributed by atoms with Gasteiger partial charge in [0, 0.05) is 11.3 Å². The van der Waals surface area contributed by atoms with Crippen molar-refractivity contribution in [2.45, 2.75) is 50.8 Å². The summed E-state index contributed by atoms with van der Waals surface area (Å²) >= 11 is 1.66. The maximum Gasteiger partial charge on any atom is 0.143 e. The van der Waals surface area contributed by atoms with Crippen molar-refractivity contribution in [1.29, 1.82) is 0 Å². The van der Waals surface area contributed by atoms with Gasteiger partial charge < -0.3 is 0 Å². The van der Waals surface area contributed by atoms with E-state index in [1.165, 1.54) is 24.2 Å². The summed E-state index contributed by atoms with van der Waals surface area (Å²) in [5, 5.41) is 0. The van der Waals surface area contributed by atoms with Crippen LogP contribution in [0.4, 0.5) is 0 Å². The van der Waals surface area contributed by atoms with E-state index in [2.05, 4.69) is 26.0 Å². The minimum Gasteiger partial charge on any atom is -0.299 e. The lowest BCUT2D eigenvalue weighted by Gasteiger charge is -2.13. The molecule has 0 saturated carbocycles. The smallest absolute Gasteiger partial charge is 0.143 e. The molecule has 0 aliphatic heterocycles. The fourth-order valence-electron chi connectivity index (χ4n) is 2.00. The molecule has 1 atom stereocenters. The van der Waals surface area contributed by atoms with E-state index in [1.807, 2.05) is 18.2 Å². The molecule has 2 heteroatoms. The van der Waals surface area contributed by atoms with Crippen molar-refractivity contribution in [2.24, 2.45) is 5.92 Å². The number of Topliss-reactive ketones (excluding diaryl/α,β-unsaturated/α-hetero) is 1. The molecular formula is C16H24OS. The zero-order valence-corrected chi connectivity index (χ0v) is 12.3. The van der Waals surface area contributed by atoms with Crippen LogP contribution in [0.2, 0.25) is 0 Å². The maximum atomic E-state index is 11.9. The molecule has 0 aliphatic carbocycles. The SMILES string of the molecule is CCCCC(CC)CC(=O)CSc1ccccc1. The Hall–Kier alpha value is -0.760. The first-order chi connectivity index (χ1) is 8.76. The van der Waals surface area contributed by atoms with Gasteiger partial charge in [-0.25, -0.2) is 0 Å². The molecule has 0 saturated heterocycles. The van der Waals surface area contributed by atoms with Gasteiger partial charge in [-0.3, -0.25) is 4.79 Å². The van der Waals surface area contributed by atoms with Crippen LogP contribution in [0.15, 0.2) is 35.2 Å². The van der Waals surface area contributed by atoms with E-state index in [1.54, 1.807) is 11.8 Å². The van der Waals surface area contributed by atoms with Gasteiger partial charge in [0.15, 0.2) is 0 Å². The zero-order chi connectivity index (χ0) is 13.2. The van der Waals surface area contributed by atoms with E-state index >= 15 is 0 Å². The van der Waals surface area contributed by atoms with Crippen molar-refractivity contribution < 1.29 is 4.79 Å². The van der Waals surface area contributed by atoms with Crippen LogP contribution in [-0.2, 0) is 4.79 Å². The third kappa shape index (κ3) is 6.25. The first-order valence-electron chi connectivity index (χ1n) is 6.95. The van der Waals surface area contributed by atoms with Crippen LogP contribution in [0.25, 0.3) is 0 Å². The minimum absolute atomic E-state index is 0.395. The molecule has 100 valence electrons. The van der Waals surface area contributed by atoms with Gasteiger partial charge >= 0.3 is 0 Å². The third-order valence-electron chi connectivity index (χ3n) is 3.20. The lowest BCUT2D eigenvalue weighted by molar-refractivity contribution is -0.117. The van der Waals surface area contributed by atoms with E-state index in [4.69, 9.17) is 0 Å². The van der Waals surface area contributed by atoms with Crippen LogP contribution >= 0.6 is 11.8 Å². The number of carbonyl (C=O) groups is 1. The molecule has 0 radical (unpaired) electrons. The predicted octanol–water partition coefficient (Wildman–Crippen LogP) is 4.95. The molecule has 1 nitrogen and oxygen atoms in total. The first kappa shape index (κ1) is 15.3. The summed E-state index contributed by atoms with van der Waals surface area (Å²) in [5.74, 6) is 1.60. The molecule has 1 aromatic carbocycles. The first-order valence-corrected chi connectivity index (χ1v) is 7.94. The fraction of sp³-hybridized carbons (Fsp3) is 0.562. The number of benzene rings is 1. The monoisotopic (exact) mass is 264 g/mol. The van der Waals surface area contributed by atoms with E-state index in [0.717, 1.165) is 12.8 Å². The Morgan fingerprint density at radius 2 is 1.94 bits per heavy atom. The second-order valence-corrected chi connectivity index (χ2v) is 5.81. The van der Waals surface area contributed by atoms with Gasteiger partial charge in [-0.1, -0.05) is 57.7 Å². The Morgan fingerprint density at radius 1 is 1.22 bits per heavy atom. The molecular weight excluding hydrogens is 240 g/mol. The Bertz CT molecular complexity index is 334. The third-order valence-corrected chi connectivity index (χ3v) is 4.27. The fourth-order valence-corrected chi connectivity index (χ4v) is 2.80. The molecule has 0 aromatic heterocycles. The molecule has 0 spiro atoms. The molecule has 0 amide bonds. The molecule has 0 heterocycles. The topological polar surface area (TPSA) is 17.1 Å². The number of ketones is 1. The summed E-state index contributed by atoms with van der Waals surface area (Å²) in [7, 11) is 0. The van der Waals surface area contributed by atoms with Crippen LogP contribution in [0, 0.1) is 5.92 Å². The predicted molar refractivity (Wildman–Crippen MR) is 80.1 cm³/mol. The lowest BCUT2D eigenvalue weighted by atomic mass is 9.94. The van der Waals surface area contributed by atoms with Crippen LogP contribution in [0.1, 0.15) is 46.0 Å². The van der Waals surface area contributed by atoms with Crippen LogP contribution in [0.3, 0.4) is 0 Å². The molecule has 18 heavy (non-hydrogen) atoms. The van der Waals surface area contributed by atoms with Gasteiger partial charge in [0.25, 0.3) is 0 Å². The van der Waals surface area contributed by atoms with E-state index in [9.17, 15) is 4.79 Å². The minimum atomic E-state index is 0.395. The Labute approximate surface area is 115 Å². The van der Waals surface area contributed by atoms with Crippen molar-refractivity contribution in [1.82, 2.24) is 0 Å². The number of hydrogen-bond donors (Lipinski definition) is 0. The molecule has 0 N–H and O–H groups in total. The summed E-state index contributed by atoms with van der Waals surface area (Å²) < 4.78 is 0. The highest BCUT2D eigenvalue weighted by Gasteiger charge is 2.11. The summed E-state index contributed by atoms with van der Waals surface area (Å²) in [6.07, 6.45) is 5.56. The molecule has 0 aliphatic rings. The summed E-state index contributed by atoms with van der Waals surface area (Å²) in [5.41, 5.74) is 0. The number of carbonyl (C=O) groups excluding carboxylic acids is 1. The molecule has 0 fully saturated rings. The largest absolute Gasteiger partial charge is 0.299 e. The summed E-state index contributed by atoms with van der Waals surface area (Å²) in [4.78, 5) is 13.1. The van der Waals surface area contributed by atoms with Crippen molar-refractivity contribution in [2.75, 3.05) is 5.75 Å². The van der Waals surface area contributed by atoms with Crippen LogP contribution < -0.4 is 0 Å². The van der Waals surface area contributed by atoms with E-state index in [0.29, 0.717) is 17.5 Å². The summed E-state index contributed by atoms with van der Waals surface area (Å²) in [6.45, 7) is 4.40. The standard InChI is InChI=1S/C16H24OS/c1-3-5-9-14(4-2)12-15(17)13-18-16-10-7-6-8-11-16/h6-8,10-11,14H,3-5,9,12-13H2,1-2H3. The average Bonchev–Trinajstić information content (AvgIpc) is 2.42. The van der Waals surface area contributed by atoms with Gasteiger partial charge in [-0.2, -0.15) is 0 Å². The second-order valence-electron chi connectivity index (χ2n) is 4.76. The highest BCUT2D eigenvalue weighted by molar-refractivity contribution is 8.00. The number of thioether (sulfide) groups is 1. The van der Waals surface area contributed by atoms with Crippen molar-refractivity contribution >= 4 is 17.5 Å². The van der Waals surface area contributed by atoms with Gasteiger partial charge in [0.2, 0.25) is 0 Å². The van der Waals surface area contributed by atoms with Gasteiger partial charge in [0.1, 0.15) is 5.78 Å². The zero-order valence-electron chi connectivity index (χ0n) is 11.5. The van der Waals surface area contributed by atoms with Gasteiger partial charge in [-0.05, 0) is 18.1 Å². The van der Waals surface area contributed by atoms with E-state index < -0.39 is 0 Å². The molecule has 1 aromatic rings. The Morgan fingerprint density at radius 3 is 2.56 bits per heavy atom. The highest BCUT2D eigenvalue weighted by Crippen LogP contribution is 2.21. The van der Waals surface area contributed by atoms with Crippen LogP contribution in [0.5, 0.6) is 0 Å². The normalized spacial score (nSPS) is 12.3. The highest BCUT2D eigenvalue weighted by atomic mass is 32.2. The molecule has 0 bridgehead atoms. The van der Waals surface area contributed by atoms with Gasteiger partial charge in [-0.15, -0.1) is 11.8 Å². The number of rotatable bonds is 9. The molecule has 1 unspecified atom stereocenters. The quantitative estimate of drug-likeness (QED) is 0.587. The Balaban J connectivity index is 2.28. The van der Waals surface area contributed by atoms with Crippen LogP contribution in [-0.4, -0.2) is 11.5 Å². The molecule has 1 rings (SSSR count). The number of hydrogen-bond acceptors (Lipinski definition) is 2. The number of unbranched alkanes of at least 4 members (excludes halogenated alkanes) is 1.